The van der Waals surface area contributed by atoms with E-state index in [2.05, 4.69) is 44.2 Å². The highest BCUT2D eigenvalue weighted by Gasteiger charge is 2.47. The third-order valence-electron chi connectivity index (χ3n) is 10.5. The minimum absolute atomic E-state index is 0.611. The van der Waals surface area contributed by atoms with Gasteiger partial charge in [0.1, 0.15) is 23.4 Å². The Morgan fingerprint density at radius 2 is 0.493 bits per heavy atom. The first-order valence-electron chi connectivity index (χ1n) is 19.2. The zero-order valence-electron chi connectivity index (χ0n) is 34.5. The van der Waals surface area contributed by atoms with Gasteiger partial charge in [0, 0.05) is 5.56 Å². The molecular weight excluding hydrogens is 1020 g/mol. The molecule has 378 valence electrons. The number of alkyl halides is 24. The van der Waals surface area contributed by atoms with Crippen LogP contribution in [0, 0.1) is 0 Å². The average molecular weight is 1040 g/mol. The quantitative estimate of drug-likeness (QED) is 0.0825. The van der Waals surface area contributed by atoms with Crippen molar-refractivity contribution in [2.24, 2.45) is 0 Å². The molecule has 0 fully saturated rings. The summed E-state index contributed by atoms with van der Waals surface area (Å²) in [6.45, 7) is 4.57. The monoisotopic (exact) mass is 1040 g/mol. The second kappa shape index (κ2) is 19.6. The highest BCUT2D eigenvalue weighted by molar-refractivity contribution is 7.96. The summed E-state index contributed by atoms with van der Waals surface area (Å²) in [5, 5.41) is 0. The van der Waals surface area contributed by atoms with Crippen LogP contribution in [0.5, 0.6) is 0 Å². The van der Waals surface area contributed by atoms with Gasteiger partial charge in [0.05, 0.1) is 44.5 Å². The van der Waals surface area contributed by atoms with Crippen LogP contribution in [0.15, 0.2) is 103 Å². The molecule has 0 amide bonds. The topological polar surface area (TPSA) is 0 Å². The van der Waals surface area contributed by atoms with Crippen molar-refractivity contribution in [1.82, 2.24) is 0 Å². The van der Waals surface area contributed by atoms with Crippen molar-refractivity contribution >= 4 is 38.9 Å². The maximum absolute atomic E-state index is 14.2. The lowest BCUT2D eigenvalue weighted by molar-refractivity contribution is -0.144. The Balaban J connectivity index is 0.000000750. The van der Waals surface area contributed by atoms with Crippen LogP contribution in [0.3, 0.4) is 0 Å². The van der Waals surface area contributed by atoms with Crippen LogP contribution in [0.2, 0.25) is 0 Å². The summed E-state index contributed by atoms with van der Waals surface area (Å²) in [4.78, 5) is 0. The molecule has 0 saturated carbocycles. The van der Waals surface area contributed by atoms with Crippen molar-refractivity contribution < 1.29 is 105 Å². The molecule has 5 rings (SSSR count). The van der Waals surface area contributed by atoms with Crippen LogP contribution in [0.1, 0.15) is 63.9 Å². The molecule has 5 aromatic rings. The van der Waals surface area contributed by atoms with E-state index < -0.39 is 195 Å². The number of hydrogen-bond acceptors (Lipinski definition) is 0. The van der Waals surface area contributed by atoms with Gasteiger partial charge in [-0.2, -0.15) is 127 Å². The second-order valence-electron chi connectivity index (χ2n) is 15.0. The predicted molar refractivity (Wildman–Crippen MR) is 209 cm³/mol. The molecular formula is C43H29BF24S. The molecule has 0 heterocycles. The van der Waals surface area contributed by atoms with E-state index in [0.717, 1.165) is 0 Å². The number of benzene rings is 5. The SMILES string of the molecule is CC[S+](CC)Cc1ccccc1.FC(F)(F)c1cc([B-](c2cc(C(F)(F)F)cc(C(F)(F)F)c2)(c2cc(C(F)(F)F)cc(C(F)(F)F)c2)c2cc(C(F)(F)F)cc(C(F)(F)F)c2)cc(C(F)(F)F)c1. The largest absolute Gasteiger partial charge is 0.416 e. The van der Waals surface area contributed by atoms with E-state index in [1.54, 1.807) is 0 Å². The Kier molecular flexibility index (Phi) is 16.0. The maximum atomic E-state index is 14.2. The number of hydrogen-bond donors (Lipinski definition) is 0. The molecule has 0 nitrogen and oxygen atoms in total. The summed E-state index contributed by atoms with van der Waals surface area (Å²) in [5.74, 6) is 3.92. The van der Waals surface area contributed by atoms with E-state index in [4.69, 9.17) is 0 Å². The summed E-state index contributed by atoms with van der Waals surface area (Å²) in [7, 11) is 0.611. The molecule has 0 aliphatic heterocycles. The van der Waals surface area contributed by atoms with Crippen molar-refractivity contribution in [3.8, 4) is 0 Å². The van der Waals surface area contributed by atoms with Crippen molar-refractivity contribution in [2.45, 2.75) is 69.0 Å². The molecule has 0 aliphatic carbocycles. The molecule has 5 aromatic carbocycles. The van der Waals surface area contributed by atoms with Crippen LogP contribution in [-0.4, -0.2) is 17.7 Å². The van der Waals surface area contributed by atoms with Crippen molar-refractivity contribution in [1.29, 1.82) is 0 Å². The van der Waals surface area contributed by atoms with Crippen LogP contribution in [0.4, 0.5) is 105 Å². The molecule has 26 heteroatoms. The molecule has 69 heavy (non-hydrogen) atoms. The molecule has 0 bridgehead atoms. The highest BCUT2D eigenvalue weighted by atomic mass is 32.2. The van der Waals surface area contributed by atoms with E-state index in [0.29, 0.717) is 10.9 Å². The van der Waals surface area contributed by atoms with Gasteiger partial charge in [0.2, 0.25) is 0 Å². The Hall–Kier alpha value is -5.17. The Morgan fingerprint density at radius 1 is 0.304 bits per heavy atom. The van der Waals surface area contributed by atoms with Gasteiger partial charge < -0.3 is 0 Å². The molecule has 0 aliphatic rings. The average Bonchev–Trinajstić information content (AvgIpc) is 3.21. The number of rotatable bonds is 8. The van der Waals surface area contributed by atoms with Gasteiger partial charge in [0.15, 0.2) is 0 Å². The fraction of sp³-hybridized carbons (Fsp3) is 0.302. The second-order valence-corrected chi connectivity index (χ2v) is 17.7. The molecule has 0 N–H and O–H groups in total. The summed E-state index contributed by atoms with van der Waals surface area (Å²) in [6, 6.07) is 1.98. The van der Waals surface area contributed by atoms with E-state index >= 15 is 0 Å². The minimum Gasteiger partial charge on any atom is -0.194 e. The Morgan fingerprint density at radius 3 is 0.652 bits per heavy atom. The van der Waals surface area contributed by atoms with E-state index in [1.807, 2.05) is 0 Å². The van der Waals surface area contributed by atoms with Crippen LogP contribution < -0.4 is 21.9 Å². The summed E-state index contributed by atoms with van der Waals surface area (Å²) in [6.07, 6.45) is -54.8. The fourth-order valence-corrected chi connectivity index (χ4v) is 8.77. The van der Waals surface area contributed by atoms with Gasteiger partial charge in [-0.25, -0.2) is 0 Å². The van der Waals surface area contributed by atoms with Crippen molar-refractivity contribution in [2.75, 3.05) is 11.5 Å². The van der Waals surface area contributed by atoms with Crippen LogP contribution in [0.25, 0.3) is 0 Å². The lowest BCUT2D eigenvalue weighted by atomic mass is 9.12. The first-order valence-corrected chi connectivity index (χ1v) is 20.9. The zero-order valence-corrected chi connectivity index (χ0v) is 35.3. The smallest absolute Gasteiger partial charge is 0.194 e. The van der Waals surface area contributed by atoms with Gasteiger partial charge in [-0.05, 0) is 49.0 Å². The van der Waals surface area contributed by atoms with Crippen molar-refractivity contribution in [3.63, 3.8) is 0 Å². The first-order chi connectivity index (χ1) is 31.1. The summed E-state index contributed by atoms with van der Waals surface area (Å²) >= 11 is 0. The minimum atomic E-state index is -6.13. The third kappa shape index (κ3) is 13.6. The van der Waals surface area contributed by atoms with Gasteiger partial charge in [-0.15, -0.1) is 0 Å². The zero-order chi connectivity index (χ0) is 52.7. The highest BCUT2D eigenvalue weighted by Crippen LogP contribution is 2.41. The first kappa shape index (κ1) is 56.4. The van der Waals surface area contributed by atoms with Gasteiger partial charge in [0.25, 0.3) is 0 Å². The van der Waals surface area contributed by atoms with Gasteiger partial charge >= 0.3 is 49.4 Å². The molecule has 0 atom stereocenters. The lowest BCUT2D eigenvalue weighted by Crippen LogP contribution is -2.75. The summed E-state index contributed by atoms with van der Waals surface area (Å²) < 4.78 is 341. The Labute approximate surface area is 377 Å². The fourth-order valence-electron chi connectivity index (χ4n) is 7.29. The molecule has 0 aromatic heterocycles. The lowest BCUT2D eigenvalue weighted by Gasteiger charge is -2.46. The maximum Gasteiger partial charge on any atom is 0.416 e. The Bertz CT molecular complexity index is 2120. The van der Waals surface area contributed by atoms with E-state index in [-0.39, 0.29) is 0 Å². The molecule has 0 radical (unpaired) electrons. The van der Waals surface area contributed by atoms with Gasteiger partial charge in [-0.3, -0.25) is 0 Å². The third-order valence-corrected chi connectivity index (χ3v) is 12.8. The van der Waals surface area contributed by atoms with Crippen molar-refractivity contribution in [3.05, 3.63) is 153 Å². The van der Waals surface area contributed by atoms with E-state index in [9.17, 15) is 105 Å². The molecule has 0 saturated heterocycles. The predicted octanol–water partition coefficient (Wildman–Crippen LogP) is 14.1. The standard InChI is InChI=1S/C32H12BF24.C11H17S/c34-25(35,36)13-1-14(26(37,38)39)6-21(5-13)33(22-7-15(27(40,41)42)2-16(8-22)28(43,44)45,23-9-17(29(46,47)48)3-18(10-23)30(49,50)51)24-11-19(31(52,53)54)4-20(12-24)32(55,56)57;1-3-12(4-2)10-11-8-6-5-7-9-11/h1-12H;5-9H,3-4,10H2,1-2H3/q-1;+1. The number of halogens is 24. The molecule has 0 unspecified atom stereocenters. The molecule has 0 spiro atoms. The summed E-state index contributed by atoms with van der Waals surface area (Å²) in [5.41, 5.74) is -28.7. The van der Waals surface area contributed by atoms with Gasteiger partial charge in [-0.1, -0.05) is 78.9 Å². The van der Waals surface area contributed by atoms with Crippen LogP contribution >= 0.6 is 0 Å². The van der Waals surface area contributed by atoms with E-state index in [1.165, 1.54) is 22.8 Å². The normalized spacial score (nSPS) is 13.7. The van der Waals surface area contributed by atoms with Crippen LogP contribution in [-0.2, 0) is 66.1 Å².